The molecule has 1 aromatic carbocycles. The molecule has 2 aromatic rings. The number of amides is 1. The van der Waals surface area contributed by atoms with Crippen molar-refractivity contribution in [3.63, 3.8) is 0 Å². The number of rotatable bonds is 8. The zero-order valence-corrected chi connectivity index (χ0v) is 23.7. The Bertz CT molecular complexity index is 1090. The first-order valence-electron chi connectivity index (χ1n) is 14.6. The number of ether oxygens (including phenoxy) is 3. The Balaban J connectivity index is 1.13. The molecule has 8 heteroatoms. The molecule has 1 unspecified atom stereocenters. The average molecular weight is 537 g/mol. The van der Waals surface area contributed by atoms with E-state index in [1.165, 1.54) is 11.1 Å². The molecular formula is C31H44N4O4. The lowest BCUT2D eigenvalue weighted by atomic mass is 9.97. The number of carbonyl (C=O) groups is 1. The minimum atomic E-state index is 0.0174. The third kappa shape index (κ3) is 6.98. The Morgan fingerprint density at radius 2 is 1.87 bits per heavy atom. The number of nitrogens with zero attached hydrogens (tertiary/aromatic N) is 2. The maximum Gasteiger partial charge on any atom is 0.272 e. The van der Waals surface area contributed by atoms with Gasteiger partial charge >= 0.3 is 0 Å². The van der Waals surface area contributed by atoms with Gasteiger partial charge in [-0.3, -0.25) is 9.78 Å². The molecule has 8 nitrogen and oxygen atoms in total. The molecule has 4 heterocycles. The summed E-state index contributed by atoms with van der Waals surface area (Å²) in [5.74, 6) is 0.0174. The van der Waals surface area contributed by atoms with E-state index in [0.29, 0.717) is 30.9 Å². The highest BCUT2D eigenvalue weighted by Crippen LogP contribution is 2.32. The van der Waals surface area contributed by atoms with Crippen LogP contribution in [0, 0.1) is 13.8 Å². The van der Waals surface area contributed by atoms with Crippen molar-refractivity contribution in [2.75, 3.05) is 45.3 Å². The Kier molecular flexibility index (Phi) is 9.50. The van der Waals surface area contributed by atoms with E-state index in [0.717, 1.165) is 69.5 Å². The first kappa shape index (κ1) is 28.0. The van der Waals surface area contributed by atoms with Crippen LogP contribution in [0.25, 0.3) is 0 Å². The number of hydrogen-bond acceptors (Lipinski definition) is 7. The van der Waals surface area contributed by atoms with Crippen LogP contribution in [0.15, 0.2) is 36.5 Å². The standard InChI is InChI=1S/C31H44N4O4/c1-21-7-9-23(10-8-21)28-6-4-5-25(39-28)19-33-26-11-15-32-30(22(26)2)31(36)35-16-12-24(13-17-35)34-27-14-18-38-20-29(27)37-3/h7-11,15,24-25,27-29,34H,4-6,12-14,16-20H2,1-3H3,(H,32,33)/t25-,27+,28?,29-/m1/s1. The van der Waals surface area contributed by atoms with Crippen LogP contribution in [-0.4, -0.2) is 80.0 Å². The lowest BCUT2D eigenvalue weighted by Gasteiger charge is -2.38. The van der Waals surface area contributed by atoms with Gasteiger partial charge in [-0.15, -0.1) is 0 Å². The molecule has 4 atom stereocenters. The van der Waals surface area contributed by atoms with E-state index in [1.54, 1.807) is 13.3 Å². The number of benzene rings is 1. The van der Waals surface area contributed by atoms with Gasteiger partial charge in [0, 0.05) is 62.9 Å². The van der Waals surface area contributed by atoms with E-state index in [-0.39, 0.29) is 24.2 Å². The van der Waals surface area contributed by atoms with Gasteiger partial charge in [-0.2, -0.15) is 0 Å². The van der Waals surface area contributed by atoms with Gasteiger partial charge in [0.05, 0.1) is 24.9 Å². The summed E-state index contributed by atoms with van der Waals surface area (Å²) < 4.78 is 17.6. The molecule has 3 saturated heterocycles. The van der Waals surface area contributed by atoms with Crippen molar-refractivity contribution in [2.24, 2.45) is 0 Å². The van der Waals surface area contributed by atoms with Crippen molar-refractivity contribution in [1.29, 1.82) is 0 Å². The lowest BCUT2D eigenvalue weighted by Crippen LogP contribution is -2.54. The molecule has 1 amide bonds. The molecule has 3 aliphatic rings. The van der Waals surface area contributed by atoms with Crippen LogP contribution >= 0.6 is 0 Å². The molecule has 2 N–H and O–H groups in total. The fourth-order valence-electron chi connectivity index (χ4n) is 6.08. The van der Waals surface area contributed by atoms with Gasteiger partial charge in [-0.05, 0) is 64.0 Å². The molecule has 1 aromatic heterocycles. The predicted molar refractivity (Wildman–Crippen MR) is 152 cm³/mol. The summed E-state index contributed by atoms with van der Waals surface area (Å²) in [4.78, 5) is 19.9. The van der Waals surface area contributed by atoms with E-state index in [9.17, 15) is 4.79 Å². The van der Waals surface area contributed by atoms with E-state index < -0.39 is 0 Å². The summed E-state index contributed by atoms with van der Waals surface area (Å²) in [5, 5.41) is 7.32. The first-order valence-corrected chi connectivity index (χ1v) is 14.6. The molecule has 39 heavy (non-hydrogen) atoms. The fraction of sp³-hybridized carbons (Fsp3) is 0.613. The van der Waals surface area contributed by atoms with Gasteiger partial charge < -0.3 is 29.7 Å². The van der Waals surface area contributed by atoms with Crippen molar-refractivity contribution in [3.05, 3.63) is 58.9 Å². The minimum Gasteiger partial charge on any atom is -0.382 e. The van der Waals surface area contributed by atoms with Gasteiger partial charge in [-0.1, -0.05) is 29.8 Å². The quantitative estimate of drug-likeness (QED) is 0.517. The third-order valence-electron chi connectivity index (χ3n) is 8.56. The topological polar surface area (TPSA) is 85.0 Å². The van der Waals surface area contributed by atoms with Gasteiger partial charge in [0.15, 0.2) is 0 Å². The number of hydrogen-bond donors (Lipinski definition) is 2. The minimum absolute atomic E-state index is 0.0174. The molecule has 0 aliphatic carbocycles. The first-order chi connectivity index (χ1) is 19.0. The number of anilines is 1. The van der Waals surface area contributed by atoms with Crippen LogP contribution in [-0.2, 0) is 14.2 Å². The van der Waals surface area contributed by atoms with Crippen molar-refractivity contribution in [1.82, 2.24) is 15.2 Å². The van der Waals surface area contributed by atoms with Gasteiger partial charge in [0.25, 0.3) is 5.91 Å². The Labute approximate surface area is 232 Å². The molecule has 3 aliphatic heterocycles. The zero-order valence-electron chi connectivity index (χ0n) is 23.7. The summed E-state index contributed by atoms with van der Waals surface area (Å²) >= 11 is 0. The molecule has 212 valence electrons. The molecule has 0 radical (unpaired) electrons. The number of methoxy groups -OCH3 is 1. The van der Waals surface area contributed by atoms with E-state index >= 15 is 0 Å². The Hall–Kier alpha value is -2.52. The van der Waals surface area contributed by atoms with Crippen molar-refractivity contribution >= 4 is 11.6 Å². The van der Waals surface area contributed by atoms with Crippen LogP contribution in [0.5, 0.6) is 0 Å². The number of pyridine rings is 1. The second-order valence-corrected chi connectivity index (χ2v) is 11.3. The Morgan fingerprint density at radius 1 is 1.08 bits per heavy atom. The molecule has 3 fully saturated rings. The third-order valence-corrected chi connectivity index (χ3v) is 8.56. The van der Waals surface area contributed by atoms with E-state index in [2.05, 4.69) is 46.8 Å². The van der Waals surface area contributed by atoms with Crippen LogP contribution in [0.4, 0.5) is 5.69 Å². The number of aryl methyl sites for hydroxylation is 1. The maximum absolute atomic E-state index is 13.5. The van der Waals surface area contributed by atoms with Crippen LogP contribution in [0.3, 0.4) is 0 Å². The molecule has 5 rings (SSSR count). The van der Waals surface area contributed by atoms with E-state index in [1.807, 2.05) is 17.9 Å². The highest BCUT2D eigenvalue weighted by atomic mass is 16.5. The highest BCUT2D eigenvalue weighted by Gasteiger charge is 2.31. The highest BCUT2D eigenvalue weighted by molar-refractivity contribution is 5.95. The van der Waals surface area contributed by atoms with Gasteiger partial charge in [0.2, 0.25) is 0 Å². The Morgan fingerprint density at radius 3 is 2.64 bits per heavy atom. The summed E-state index contributed by atoms with van der Waals surface area (Å²) in [7, 11) is 1.75. The second-order valence-electron chi connectivity index (χ2n) is 11.3. The number of nitrogens with one attached hydrogen (secondary N) is 2. The fourth-order valence-corrected chi connectivity index (χ4v) is 6.08. The van der Waals surface area contributed by atoms with Gasteiger partial charge in [0.1, 0.15) is 5.69 Å². The molecule has 0 bridgehead atoms. The van der Waals surface area contributed by atoms with E-state index in [4.69, 9.17) is 14.2 Å². The summed E-state index contributed by atoms with van der Waals surface area (Å²) in [6.07, 6.45) is 8.16. The van der Waals surface area contributed by atoms with Crippen molar-refractivity contribution in [2.45, 2.75) is 82.8 Å². The van der Waals surface area contributed by atoms with Crippen molar-refractivity contribution < 1.29 is 19.0 Å². The molecular weight excluding hydrogens is 492 g/mol. The largest absolute Gasteiger partial charge is 0.382 e. The molecule has 0 saturated carbocycles. The molecule has 0 spiro atoms. The summed E-state index contributed by atoms with van der Waals surface area (Å²) in [5.41, 5.74) is 4.92. The zero-order chi connectivity index (χ0) is 27.2. The number of carbonyl (C=O) groups excluding carboxylic acids is 1. The normalized spacial score (nSPS) is 26.4. The predicted octanol–water partition coefficient (Wildman–Crippen LogP) is 4.42. The summed E-state index contributed by atoms with van der Waals surface area (Å²) in [6.45, 7) is 7.68. The van der Waals surface area contributed by atoms with Crippen molar-refractivity contribution in [3.8, 4) is 0 Å². The number of piperidine rings is 1. The van der Waals surface area contributed by atoms with Crippen LogP contribution in [0.1, 0.15) is 71.8 Å². The van der Waals surface area contributed by atoms with Gasteiger partial charge in [-0.25, -0.2) is 0 Å². The smallest absolute Gasteiger partial charge is 0.272 e. The maximum atomic E-state index is 13.5. The average Bonchev–Trinajstić information content (AvgIpc) is 2.97. The second kappa shape index (κ2) is 13.2. The lowest BCUT2D eigenvalue weighted by molar-refractivity contribution is -0.0533. The van der Waals surface area contributed by atoms with Crippen LogP contribution in [0.2, 0.25) is 0 Å². The summed E-state index contributed by atoms with van der Waals surface area (Å²) in [6, 6.07) is 11.3. The SMILES string of the molecule is CO[C@@H]1COCC[C@@H]1NC1CCN(C(=O)c2nccc(NC[C@H]3CCCC(c4ccc(C)cc4)O3)c2C)CC1. The number of likely N-dealkylation sites (tertiary alicyclic amines) is 1. The van der Waals surface area contributed by atoms with Crippen LogP contribution < -0.4 is 10.6 Å². The number of aromatic nitrogens is 1. The monoisotopic (exact) mass is 536 g/mol.